The Balaban J connectivity index is 1.81. The largest absolute Gasteiger partial charge is 0.376 e. The molecule has 0 heterocycles. The van der Waals surface area contributed by atoms with E-state index in [1.165, 1.54) is 44.6 Å². The summed E-state index contributed by atoms with van der Waals surface area (Å²) in [6, 6.07) is 22.0. The molecule has 1 N–H and O–H groups in total. The van der Waals surface area contributed by atoms with E-state index in [-0.39, 0.29) is 5.54 Å². The van der Waals surface area contributed by atoms with Gasteiger partial charge in [-0.1, -0.05) is 79.2 Å². The van der Waals surface area contributed by atoms with Gasteiger partial charge in [0.25, 0.3) is 0 Å². The van der Waals surface area contributed by atoms with E-state index in [0.29, 0.717) is 0 Å². The van der Waals surface area contributed by atoms with Crippen LogP contribution in [0.3, 0.4) is 0 Å². The maximum atomic E-state index is 3.79. The van der Waals surface area contributed by atoms with Crippen molar-refractivity contribution in [3.05, 3.63) is 99.6 Å². The topological polar surface area (TPSA) is 12.0 Å². The molecule has 0 amide bonds. The molecule has 0 bridgehead atoms. The molecule has 0 aliphatic rings. The number of hydrogen-bond donors (Lipinski definition) is 1. The molecular weight excluding hydrogens is 350 g/mol. The zero-order chi connectivity index (χ0) is 21.0. The molecule has 29 heavy (non-hydrogen) atoms. The number of anilines is 1. The Bertz CT molecular complexity index is 1010. The molecule has 1 heteroatoms. The fourth-order valence-corrected chi connectivity index (χ4v) is 3.72. The lowest BCUT2D eigenvalue weighted by Crippen LogP contribution is -2.31. The Morgan fingerprint density at radius 1 is 0.828 bits per heavy atom. The van der Waals surface area contributed by atoms with Gasteiger partial charge in [-0.25, -0.2) is 0 Å². The van der Waals surface area contributed by atoms with Gasteiger partial charge in [-0.2, -0.15) is 0 Å². The molecule has 1 atom stereocenters. The Morgan fingerprint density at radius 2 is 1.55 bits per heavy atom. The quantitative estimate of drug-likeness (QED) is 0.428. The second kappa shape index (κ2) is 8.69. The van der Waals surface area contributed by atoms with Crippen LogP contribution in [0, 0.1) is 27.7 Å². The van der Waals surface area contributed by atoms with Crippen molar-refractivity contribution in [3.8, 4) is 0 Å². The highest BCUT2D eigenvalue weighted by molar-refractivity contribution is 5.71. The van der Waals surface area contributed by atoms with Crippen LogP contribution in [-0.4, -0.2) is 0 Å². The molecule has 0 aromatic heterocycles. The minimum atomic E-state index is -0.102. The maximum Gasteiger partial charge on any atom is 0.0594 e. The minimum Gasteiger partial charge on any atom is -0.376 e. The summed E-state index contributed by atoms with van der Waals surface area (Å²) in [4.78, 5) is 0. The molecular formula is C28H33N. The summed E-state index contributed by atoms with van der Waals surface area (Å²) in [6.07, 6.45) is 5.43. The third-order valence-electron chi connectivity index (χ3n) is 6.15. The predicted molar refractivity (Wildman–Crippen MR) is 128 cm³/mol. The highest BCUT2D eigenvalue weighted by Gasteiger charge is 2.24. The van der Waals surface area contributed by atoms with Crippen LogP contribution in [0.15, 0.2) is 60.7 Å². The monoisotopic (exact) mass is 383 g/mol. The lowest BCUT2D eigenvalue weighted by atomic mass is 9.88. The first-order chi connectivity index (χ1) is 13.8. The number of aryl methyl sites for hydroxylation is 3. The molecule has 3 aromatic rings. The summed E-state index contributed by atoms with van der Waals surface area (Å²) >= 11 is 0. The van der Waals surface area contributed by atoms with Crippen LogP contribution >= 0.6 is 0 Å². The van der Waals surface area contributed by atoms with E-state index in [9.17, 15) is 0 Å². The zero-order valence-corrected chi connectivity index (χ0v) is 18.6. The zero-order valence-electron chi connectivity index (χ0n) is 18.6. The average molecular weight is 384 g/mol. The van der Waals surface area contributed by atoms with Crippen LogP contribution in [0.5, 0.6) is 0 Å². The summed E-state index contributed by atoms with van der Waals surface area (Å²) in [7, 11) is 0. The van der Waals surface area contributed by atoms with Crippen molar-refractivity contribution < 1.29 is 0 Å². The van der Waals surface area contributed by atoms with E-state index in [2.05, 4.69) is 120 Å². The Hall–Kier alpha value is -2.80. The van der Waals surface area contributed by atoms with E-state index in [1.807, 2.05) is 0 Å². The van der Waals surface area contributed by atoms with Crippen LogP contribution in [0.1, 0.15) is 59.2 Å². The van der Waals surface area contributed by atoms with Crippen molar-refractivity contribution in [2.45, 2.75) is 53.5 Å². The smallest absolute Gasteiger partial charge is 0.0594 e. The van der Waals surface area contributed by atoms with Crippen molar-refractivity contribution in [2.24, 2.45) is 0 Å². The third-order valence-corrected chi connectivity index (χ3v) is 6.15. The SMILES string of the molecule is CCC(C)(Nc1ccc(C)cc1C)c1ccc(C=Cc2cccc(C)c2C)cc1. The summed E-state index contributed by atoms with van der Waals surface area (Å²) in [6.45, 7) is 13.2. The molecule has 0 saturated carbocycles. The number of rotatable bonds is 6. The van der Waals surface area contributed by atoms with E-state index in [0.717, 1.165) is 6.42 Å². The Morgan fingerprint density at radius 3 is 2.21 bits per heavy atom. The van der Waals surface area contributed by atoms with Gasteiger partial charge in [-0.15, -0.1) is 0 Å². The molecule has 3 aromatic carbocycles. The van der Waals surface area contributed by atoms with Gasteiger partial charge in [0.1, 0.15) is 0 Å². The number of hydrogen-bond acceptors (Lipinski definition) is 1. The number of benzene rings is 3. The fourth-order valence-electron chi connectivity index (χ4n) is 3.72. The fraction of sp³-hybridized carbons (Fsp3) is 0.286. The van der Waals surface area contributed by atoms with Crippen LogP contribution < -0.4 is 5.32 Å². The average Bonchev–Trinajstić information content (AvgIpc) is 2.71. The summed E-state index contributed by atoms with van der Waals surface area (Å²) in [5.74, 6) is 0. The minimum absolute atomic E-state index is 0.102. The van der Waals surface area contributed by atoms with E-state index in [4.69, 9.17) is 0 Å². The van der Waals surface area contributed by atoms with Gasteiger partial charge in [0.15, 0.2) is 0 Å². The Kier molecular flexibility index (Phi) is 6.27. The molecule has 0 aliphatic heterocycles. The van der Waals surface area contributed by atoms with E-state index in [1.54, 1.807) is 0 Å². The summed E-state index contributed by atoms with van der Waals surface area (Å²) in [5.41, 5.74) is 10.2. The molecule has 0 fully saturated rings. The molecule has 0 aliphatic carbocycles. The molecule has 1 nitrogen and oxygen atoms in total. The number of nitrogens with one attached hydrogen (secondary N) is 1. The summed E-state index contributed by atoms with van der Waals surface area (Å²) in [5, 5.41) is 3.79. The molecule has 3 rings (SSSR count). The lowest BCUT2D eigenvalue weighted by molar-refractivity contribution is 0.523. The first-order valence-electron chi connectivity index (χ1n) is 10.5. The van der Waals surface area contributed by atoms with Gasteiger partial charge in [0.05, 0.1) is 5.54 Å². The van der Waals surface area contributed by atoms with Gasteiger partial charge >= 0.3 is 0 Å². The Labute approximate surface area is 176 Å². The van der Waals surface area contributed by atoms with Gasteiger partial charge in [0.2, 0.25) is 0 Å². The van der Waals surface area contributed by atoms with Crippen LogP contribution in [0.25, 0.3) is 12.2 Å². The molecule has 1 unspecified atom stereocenters. The normalized spacial score (nSPS) is 13.4. The van der Waals surface area contributed by atoms with Gasteiger partial charge < -0.3 is 5.32 Å². The third kappa shape index (κ3) is 4.79. The molecule has 0 saturated heterocycles. The highest BCUT2D eigenvalue weighted by Crippen LogP contribution is 2.31. The second-order valence-corrected chi connectivity index (χ2v) is 8.37. The summed E-state index contributed by atoms with van der Waals surface area (Å²) < 4.78 is 0. The van der Waals surface area contributed by atoms with E-state index >= 15 is 0 Å². The van der Waals surface area contributed by atoms with E-state index < -0.39 is 0 Å². The van der Waals surface area contributed by atoms with Crippen LogP contribution in [0.4, 0.5) is 5.69 Å². The van der Waals surface area contributed by atoms with Crippen molar-refractivity contribution in [1.29, 1.82) is 0 Å². The maximum absolute atomic E-state index is 3.79. The highest BCUT2D eigenvalue weighted by atomic mass is 15.0. The van der Waals surface area contributed by atoms with Gasteiger partial charge in [-0.05, 0) is 80.5 Å². The van der Waals surface area contributed by atoms with Crippen LogP contribution in [-0.2, 0) is 5.54 Å². The second-order valence-electron chi connectivity index (χ2n) is 8.37. The van der Waals surface area contributed by atoms with Crippen molar-refractivity contribution in [3.63, 3.8) is 0 Å². The van der Waals surface area contributed by atoms with Gasteiger partial charge in [-0.3, -0.25) is 0 Å². The van der Waals surface area contributed by atoms with Crippen molar-refractivity contribution >= 4 is 17.8 Å². The molecule has 150 valence electrons. The first-order valence-corrected chi connectivity index (χ1v) is 10.5. The predicted octanol–water partition coefficient (Wildman–Crippen LogP) is 7.83. The molecule has 0 radical (unpaired) electrons. The van der Waals surface area contributed by atoms with Crippen molar-refractivity contribution in [1.82, 2.24) is 0 Å². The molecule has 0 spiro atoms. The standard InChI is InChI=1S/C28H33N/c1-7-28(6,29-27-18-11-20(2)19-22(27)4)26-16-13-24(14-17-26)12-15-25-10-8-9-21(3)23(25)5/h8-19,29H,7H2,1-6H3. The first kappa shape index (κ1) is 20.9. The lowest BCUT2D eigenvalue weighted by Gasteiger charge is -2.32. The van der Waals surface area contributed by atoms with Crippen LogP contribution in [0.2, 0.25) is 0 Å². The van der Waals surface area contributed by atoms with Gasteiger partial charge in [0, 0.05) is 5.69 Å². The van der Waals surface area contributed by atoms with Crippen molar-refractivity contribution in [2.75, 3.05) is 5.32 Å².